The smallest absolute Gasteiger partial charge is 0.0519 e. The Kier molecular flexibility index (Phi) is 5.64. The average Bonchev–Trinajstić information content (AvgIpc) is 2.82. The van der Waals surface area contributed by atoms with Gasteiger partial charge in [0.05, 0.1) is 6.54 Å². The Morgan fingerprint density at radius 1 is 1.25 bits per heavy atom. The molecule has 4 heteroatoms. The number of thiophene rings is 1. The van der Waals surface area contributed by atoms with E-state index in [1.165, 1.54) is 20.6 Å². The van der Waals surface area contributed by atoms with Crippen LogP contribution in [0.2, 0.25) is 0 Å². The third-order valence-corrected chi connectivity index (χ3v) is 4.79. The number of halogens is 1. The van der Waals surface area contributed by atoms with Gasteiger partial charge in [0, 0.05) is 40.1 Å². The maximum absolute atomic E-state index is 3.50. The Morgan fingerprint density at radius 3 is 2.50 bits per heavy atom. The van der Waals surface area contributed by atoms with Crippen molar-refractivity contribution in [2.24, 2.45) is 0 Å². The Bertz CT molecular complexity index is 534. The van der Waals surface area contributed by atoms with Crippen LogP contribution < -0.4 is 10.2 Å². The molecule has 0 bridgehead atoms. The first-order valence-corrected chi connectivity index (χ1v) is 8.48. The van der Waals surface area contributed by atoms with Gasteiger partial charge in [-0.2, -0.15) is 0 Å². The molecule has 0 saturated heterocycles. The highest BCUT2D eigenvalue weighted by Gasteiger charge is 2.04. The minimum atomic E-state index is 0.523. The van der Waals surface area contributed by atoms with E-state index < -0.39 is 0 Å². The molecular formula is C16H21BrN2S. The molecule has 0 fully saturated rings. The number of anilines is 1. The Labute approximate surface area is 133 Å². The Hall–Kier alpha value is -0.840. The third kappa shape index (κ3) is 4.62. The van der Waals surface area contributed by atoms with Crippen molar-refractivity contribution < 1.29 is 0 Å². The molecule has 2 rings (SSSR count). The summed E-state index contributed by atoms with van der Waals surface area (Å²) in [6.07, 6.45) is 0. The molecule has 0 unspecified atom stereocenters. The van der Waals surface area contributed by atoms with E-state index in [1.807, 2.05) is 0 Å². The van der Waals surface area contributed by atoms with Gasteiger partial charge >= 0.3 is 0 Å². The predicted octanol–water partition coefficient (Wildman–Crippen LogP) is 4.65. The first-order chi connectivity index (χ1) is 9.54. The fraction of sp³-hybridized carbons (Fsp3) is 0.375. The fourth-order valence-electron chi connectivity index (χ4n) is 1.95. The van der Waals surface area contributed by atoms with Crippen LogP contribution in [0.15, 0.2) is 40.2 Å². The van der Waals surface area contributed by atoms with Crippen LogP contribution in [0, 0.1) is 0 Å². The average molecular weight is 353 g/mol. The van der Waals surface area contributed by atoms with Crippen molar-refractivity contribution in [2.45, 2.75) is 33.0 Å². The van der Waals surface area contributed by atoms with Crippen LogP contribution in [-0.2, 0) is 13.1 Å². The van der Waals surface area contributed by atoms with E-state index in [9.17, 15) is 0 Å². The zero-order valence-electron chi connectivity index (χ0n) is 12.2. The summed E-state index contributed by atoms with van der Waals surface area (Å²) >= 11 is 5.29. The van der Waals surface area contributed by atoms with Crippen LogP contribution in [0.3, 0.4) is 0 Å². The van der Waals surface area contributed by atoms with Crippen LogP contribution in [-0.4, -0.2) is 13.1 Å². The van der Waals surface area contributed by atoms with E-state index >= 15 is 0 Å². The number of nitrogens with zero attached hydrogens (tertiary/aromatic N) is 1. The van der Waals surface area contributed by atoms with E-state index in [0.29, 0.717) is 6.04 Å². The summed E-state index contributed by atoms with van der Waals surface area (Å²) in [5.41, 5.74) is 2.58. The molecule has 0 saturated carbocycles. The lowest BCUT2D eigenvalue weighted by Crippen LogP contribution is -2.21. The molecule has 20 heavy (non-hydrogen) atoms. The molecule has 0 spiro atoms. The molecular weight excluding hydrogens is 332 g/mol. The second-order valence-corrected chi connectivity index (χ2v) is 7.20. The van der Waals surface area contributed by atoms with Gasteiger partial charge in [0.25, 0.3) is 0 Å². The van der Waals surface area contributed by atoms with Crippen molar-refractivity contribution in [3.63, 3.8) is 0 Å². The fourth-order valence-corrected chi connectivity index (χ4v) is 3.46. The number of hydrogen-bond acceptors (Lipinski definition) is 3. The van der Waals surface area contributed by atoms with Crippen LogP contribution in [0.4, 0.5) is 5.69 Å². The lowest BCUT2D eigenvalue weighted by Gasteiger charge is -2.19. The first kappa shape index (κ1) is 15.5. The second-order valence-electron chi connectivity index (χ2n) is 5.29. The first-order valence-electron chi connectivity index (χ1n) is 6.81. The van der Waals surface area contributed by atoms with E-state index in [1.54, 1.807) is 11.3 Å². The largest absolute Gasteiger partial charge is 0.369 e. The summed E-state index contributed by atoms with van der Waals surface area (Å²) in [6.45, 7) is 6.21. The molecule has 108 valence electrons. The third-order valence-electron chi connectivity index (χ3n) is 3.11. The van der Waals surface area contributed by atoms with E-state index in [-0.39, 0.29) is 0 Å². The topological polar surface area (TPSA) is 15.3 Å². The Morgan fingerprint density at radius 2 is 1.95 bits per heavy atom. The van der Waals surface area contributed by atoms with Crippen LogP contribution in [0.1, 0.15) is 24.3 Å². The normalized spacial score (nSPS) is 11.1. The summed E-state index contributed by atoms with van der Waals surface area (Å²) < 4.78 is 1.17. The van der Waals surface area contributed by atoms with Crippen molar-refractivity contribution in [1.29, 1.82) is 0 Å². The van der Waals surface area contributed by atoms with Crippen LogP contribution in [0.25, 0.3) is 0 Å². The van der Waals surface area contributed by atoms with Gasteiger partial charge in [-0.15, -0.1) is 11.3 Å². The van der Waals surface area contributed by atoms with Gasteiger partial charge in [0.2, 0.25) is 0 Å². The highest BCUT2D eigenvalue weighted by atomic mass is 79.9. The standard InChI is InChI=1S/C16H21BrN2S/c1-12(2)18-9-13-4-6-15(7-5-13)19(3)10-16-8-14(17)11-20-16/h4-8,11-12,18H,9-10H2,1-3H3. The molecule has 2 nitrogen and oxygen atoms in total. The van der Waals surface area contributed by atoms with Crippen molar-refractivity contribution in [3.05, 3.63) is 50.6 Å². The number of nitrogens with one attached hydrogen (secondary N) is 1. The van der Waals surface area contributed by atoms with E-state index in [0.717, 1.165) is 13.1 Å². The zero-order chi connectivity index (χ0) is 14.5. The molecule has 2 aromatic rings. The number of benzene rings is 1. The Balaban J connectivity index is 1.94. The minimum absolute atomic E-state index is 0.523. The van der Waals surface area contributed by atoms with Crippen molar-refractivity contribution in [1.82, 2.24) is 5.32 Å². The highest BCUT2D eigenvalue weighted by molar-refractivity contribution is 9.10. The van der Waals surface area contributed by atoms with Crippen LogP contribution in [0.5, 0.6) is 0 Å². The molecule has 1 aromatic heterocycles. The van der Waals surface area contributed by atoms with Crippen molar-refractivity contribution >= 4 is 33.0 Å². The maximum Gasteiger partial charge on any atom is 0.0519 e. The quantitative estimate of drug-likeness (QED) is 0.814. The minimum Gasteiger partial charge on any atom is -0.369 e. The van der Waals surface area contributed by atoms with Gasteiger partial charge < -0.3 is 10.2 Å². The molecule has 1 heterocycles. The summed E-state index contributed by atoms with van der Waals surface area (Å²) in [5, 5.41) is 5.56. The molecule has 0 atom stereocenters. The van der Waals surface area contributed by atoms with Gasteiger partial charge in [-0.25, -0.2) is 0 Å². The summed E-state index contributed by atoms with van der Waals surface area (Å²) in [4.78, 5) is 3.64. The highest BCUT2D eigenvalue weighted by Crippen LogP contribution is 2.23. The molecule has 0 aliphatic carbocycles. The van der Waals surface area contributed by atoms with E-state index in [4.69, 9.17) is 0 Å². The lowest BCUT2D eigenvalue weighted by atomic mass is 10.2. The van der Waals surface area contributed by atoms with Crippen molar-refractivity contribution in [3.8, 4) is 0 Å². The number of hydrogen-bond donors (Lipinski definition) is 1. The molecule has 0 aliphatic rings. The molecule has 0 aliphatic heterocycles. The summed E-state index contributed by atoms with van der Waals surface area (Å²) in [7, 11) is 2.13. The molecule has 0 amide bonds. The van der Waals surface area contributed by atoms with E-state index in [2.05, 4.69) is 82.8 Å². The second kappa shape index (κ2) is 7.25. The van der Waals surface area contributed by atoms with Crippen LogP contribution >= 0.6 is 27.3 Å². The zero-order valence-corrected chi connectivity index (χ0v) is 14.6. The number of rotatable bonds is 6. The summed E-state index contributed by atoms with van der Waals surface area (Å²) in [6, 6.07) is 11.5. The predicted molar refractivity (Wildman–Crippen MR) is 92.5 cm³/mol. The lowest BCUT2D eigenvalue weighted by molar-refractivity contribution is 0.589. The molecule has 1 N–H and O–H groups in total. The molecule has 0 radical (unpaired) electrons. The van der Waals surface area contributed by atoms with Gasteiger partial charge in [0.15, 0.2) is 0 Å². The monoisotopic (exact) mass is 352 g/mol. The van der Waals surface area contributed by atoms with Gasteiger partial charge in [0.1, 0.15) is 0 Å². The van der Waals surface area contributed by atoms with Crippen molar-refractivity contribution in [2.75, 3.05) is 11.9 Å². The van der Waals surface area contributed by atoms with Gasteiger partial charge in [-0.05, 0) is 39.7 Å². The van der Waals surface area contributed by atoms with Gasteiger partial charge in [-0.1, -0.05) is 26.0 Å². The van der Waals surface area contributed by atoms with Gasteiger partial charge in [-0.3, -0.25) is 0 Å². The molecule has 1 aromatic carbocycles. The maximum atomic E-state index is 3.50. The summed E-state index contributed by atoms with van der Waals surface area (Å²) in [5.74, 6) is 0. The SMILES string of the molecule is CC(C)NCc1ccc(N(C)Cc2cc(Br)cs2)cc1.